The summed E-state index contributed by atoms with van der Waals surface area (Å²) in [4.78, 5) is 4.17. The van der Waals surface area contributed by atoms with Gasteiger partial charge in [-0.2, -0.15) is 5.10 Å². The van der Waals surface area contributed by atoms with Crippen LogP contribution in [0.3, 0.4) is 0 Å². The maximum atomic E-state index is 5.00. The normalized spacial score (nSPS) is 11.1. The first-order valence-corrected chi connectivity index (χ1v) is 6.68. The fraction of sp³-hybridized carbons (Fsp3) is 0.692. The van der Waals surface area contributed by atoms with Crippen LogP contribution in [-0.4, -0.2) is 49.6 Å². The lowest BCUT2D eigenvalue weighted by Gasteiger charge is -2.11. The van der Waals surface area contributed by atoms with Crippen LogP contribution in [0.5, 0.6) is 0 Å². The van der Waals surface area contributed by atoms with Crippen LogP contribution in [0.1, 0.15) is 18.4 Å². The second kappa shape index (κ2) is 12.0. The standard InChI is InChI=1S/C13H25N5O.HI/c1-12-10-17-18(11-12)8-4-6-15-13(14-2)16-7-5-9-19-3;/h10-11H,4-9H2,1-3H3,(H2,14,15,16);1H. The fourth-order valence-electron chi connectivity index (χ4n) is 1.68. The fourth-order valence-corrected chi connectivity index (χ4v) is 1.68. The van der Waals surface area contributed by atoms with Crippen molar-refractivity contribution >= 4 is 29.9 Å². The van der Waals surface area contributed by atoms with E-state index >= 15 is 0 Å². The molecule has 0 aliphatic heterocycles. The van der Waals surface area contributed by atoms with E-state index in [1.807, 2.05) is 17.8 Å². The second-order valence-corrected chi connectivity index (χ2v) is 4.41. The van der Waals surface area contributed by atoms with E-state index in [4.69, 9.17) is 4.74 Å². The van der Waals surface area contributed by atoms with Crippen molar-refractivity contribution in [1.29, 1.82) is 0 Å². The molecule has 7 heteroatoms. The molecule has 0 atom stereocenters. The van der Waals surface area contributed by atoms with E-state index < -0.39 is 0 Å². The van der Waals surface area contributed by atoms with Gasteiger partial charge in [-0.1, -0.05) is 0 Å². The molecular weight excluding hydrogens is 369 g/mol. The largest absolute Gasteiger partial charge is 0.385 e. The lowest BCUT2D eigenvalue weighted by molar-refractivity contribution is 0.195. The Morgan fingerprint density at radius 3 is 2.60 bits per heavy atom. The van der Waals surface area contributed by atoms with E-state index in [0.717, 1.165) is 45.0 Å². The van der Waals surface area contributed by atoms with Gasteiger partial charge < -0.3 is 15.4 Å². The minimum absolute atomic E-state index is 0. The Bertz CT molecular complexity index is 381. The molecule has 0 spiro atoms. The number of aromatic nitrogens is 2. The third-order valence-electron chi connectivity index (χ3n) is 2.66. The first kappa shape index (κ1) is 19.2. The summed E-state index contributed by atoms with van der Waals surface area (Å²) in [6, 6.07) is 0. The summed E-state index contributed by atoms with van der Waals surface area (Å²) in [5.41, 5.74) is 1.20. The molecule has 0 aromatic carbocycles. The number of halogens is 1. The highest BCUT2D eigenvalue weighted by Gasteiger charge is 1.97. The predicted octanol–water partition coefficient (Wildman–Crippen LogP) is 1.40. The zero-order valence-electron chi connectivity index (χ0n) is 12.6. The Morgan fingerprint density at radius 1 is 1.35 bits per heavy atom. The van der Waals surface area contributed by atoms with Crippen LogP contribution in [0.4, 0.5) is 0 Å². The van der Waals surface area contributed by atoms with Gasteiger partial charge in [-0.25, -0.2) is 0 Å². The minimum atomic E-state index is 0. The van der Waals surface area contributed by atoms with Gasteiger partial charge in [-0.05, 0) is 25.3 Å². The van der Waals surface area contributed by atoms with Crippen LogP contribution in [0.15, 0.2) is 17.4 Å². The number of nitrogens with one attached hydrogen (secondary N) is 2. The highest BCUT2D eigenvalue weighted by Crippen LogP contribution is 1.95. The molecular formula is C13H26IN5O. The average molecular weight is 395 g/mol. The maximum absolute atomic E-state index is 5.00. The molecule has 0 aliphatic carbocycles. The molecule has 0 radical (unpaired) electrons. The molecule has 6 nitrogen and oxygen atoms in total. The highest BCUT2D eigenvalue weighted by atomic mass is 127. The molecule has 1 aromatic heterocycles. The molecule has 0 fully saturated rings. The van der Waals surface area contributed by atoms with Crippen LogP contribution in [0.25, 0.3) is 0 Å². The number of aryl methyl sites for hydroxylation is 2. The van der Waals surface area contributed by atoms with E-state index in [1.54, 1.807) is 14.2 Å². The lowest BCUT2D eigenvalue weighted by atomic mass is 10.4. The van der Waals surface area contributed by atoms with Crippen molar-refractivity contribution in [2.24, 2.45) is 4.99 Å². The number of hydrogen-bond donors (Lipinski definition) is 2. The Hall–Kier alpha value is -0.830. The summed E-state index contributed by atoms with van der Waals surface area (Å²) in [5, 5.41) is 10.8. The molecule has 0 amide bonds. The van der Waals surface area contributed by atoms with E-state index in [-0.39, 0.29) is 24.0 Å². The second-order valence-electron chi connectivity index (χ2n) is 4.41. The Balaban J connectivity index is 0.00000361. The van der Waals surface area contributed by atoms with Gasteiger partial charge in [0.05, 0.1) is 6.20 Å². The summed E-state index contributed by atoms with van der Waals surface area (Å²) in [7, 11) is 3.49. The van der Waals surface area contributed by atoms with Crippen molar-refractivity contribution in [1.82, 2.24) is 20.4 Å². The van der Waals surface area contributed by atoms with Crippen LogP contribution in [0.2, 0.25) is 0 Å². The van der Waals surface area contributed by atoms with Gasteiger partial charge >= 0.3 is 0 Å². The maximum Gasteiger partial charge on any atom is 0.190 e. The van der Waals surface area contributed by atoms with Gasteiger partial charge in [0.1, 0.15) is 0 Å². The Morgan fingerprint density at radius 2 is 2.05 bits per heavy atom. The molecule has 1 heterocycles. The number of hydrogen-bond acceptors (Lipinski definition) is 3. The minimum Gasteiger partial charge on any atom is -0.385 e. The van der Waals surface area contributed by atoms with Gasteiger partial charge in [0.25, 0.3) is 0 Å². The first-order chi connectivity index (χ1) is 9.26. The van der Waals surface area contributed by atoms with Gasteiger partial charge in [0, 0.05) is 46.6 Å². The van der Waals surface area contributed by atoms with E-state index in [2.05, 4.69) is 26.9 Å². The van der Waals surface area contributed by atoms with Gasteiger partial charge in [-0.3, -0.25) is 9.67 Å². The molecule has 116 valence electrons. The summed E-state index contributed by atoms with van der Waals surface area (Å²) in [6.07, 6.45) is 5.92. The quantitative estimate of drug-likeness (QED) is 0.302. The van der Waals surface area contributed by atoms with Crippen molar-refractivity contribution in [2.45, 2.75) is 26.3 Å². The third-order valence-corrected chi connectivity index (χ3v) is 2.66. The molecule has 1 aromatic rings. The van der Waals surface area contributed by atoms with Crippen LogP contribution in [-0.2, 0) is 11.3 Å². The summed E-state index contributed by atoms with van der Waals surface area (Å²) >= 11 is 0. The zero-order chi connectivity index (χ0) is 13.9. The lowest BCUT2D eigenvalue weighted by Crippen LogP contribution is -2.38. The topological polar surface area (TPSA) is 63.5 Å². The Kier molecular flexibility index (Phi) is 11.5. The van der Waals surface area contributed by atoms with E-state index in [9.17, 15) is 0 Å². The molecule has 0 unspecified atom stereocenters. The summed E-state index contributed by atoms with van der Waals surface area (Å²) in [5.74, 6) is 0.841. The molecule has 2 N–H and O–H groups in total. The summed E-state index contributed by atoms with van der Waals surface area (Å²) in [6.45, 7) is 5.48. The van der Waals surface area contributed by atoms with Crippen molar-refractivity contribution < 1.29 is 4.74 Å². The van der Waals surface area contributed by atoms with Gasteiger partial charge in [0.15, 0.2) is 5.96 Å². The van der Waals surface area contributed by atoms with Crippen molar-refractivity contribution in [2.75, 3.05) is 33.9 Å². The molecule has 0 saturated carbocycles. The number of rotatable bonds is 8. The van der Waals surface area contributed by atoms with Crippen molar-refractivity contribution in [3.63, 3.8) is 0 Å². The van der Waals surface area contributed by atoms with Crippen molar-refractivity contribution in [3.8, 4) is 0 Å². The molecule has 0 saturated heterocycles. The van der Waals surface area contributed by atoms with Crippen LogP contribution >= 0.6 is 24.0 Å². The monoisotopic (exact) mass is 395 g/mol. The van der Waals surface area contributed by atoms with Crippen molar-refractivity contribution in [3.05, 3.63) is 18.0 Å². The predicted molar refractivity (Wildman–Crippen MR) is 92.9 cm³/mol. The van der Waals surface area contributed by atoms with Gasteiger partial charge in [0.2, 0.25) is 0 Å². The van der Waals surface area contributed by atoms with E-state index in [0.29, 0.717) is 0 Å². The molecule has 0 bridgehead atoms. The Labute approximate surface area is 138 Å². The van der Waals surface area contributed by atoms with Crippen LogP contribution < -0.4 is 10.6 Å². The molecule has 0 aliphatic rings. The average Bonchev–Trinajstić information content (AvgIpc) is 2.82. The van der Waals surface area contributed by atoms with E-state index in [1.165, 1.54) is 5.56 Å². The number of ether oxygens (including phenoxy) is 1. The summed E-state index contributed by atoms with van der Waals surface area (Å²) < 4.78 is 6.96. The van der Waals surface area contributed by atoms with Crippen LogP contribution in [0, 0.1) is 6.92 Å². The zero-order valence-corrected chi connectivity index (χ0v) is 14.9. The SMILES string of the molecule is CN=C(NCCCOC)NCCCn1cc(C)cn1.I. The van der Waals surface area contributed by atoms with Gasteiger partial charge in [-0.15, -0.1) is 24.0 Å². The first-order valence-electron chi connectivity index (χ1n) is 6.68. The smallest absolute Gasteiger partial charge is 0.190 e. The molecule has 1 rings (SSSR count). The number of nitrogens with zero attached hydrogens (tertiary/aromatic N) is 3. The number of guanidine groups is 1. The third kappa shape index (κ3) is 8.36. The molecule has 20 heavy (non-hydrogen) atoms. The highest BCUT2D eigenvalue weighted by molar-refractivity contribution is 14.0. The number of aliphatic imine (C=N–C) groups is 1. The number of methoxy groups -OCH3 is 1.